The highest BCUT2D eigenvalue weighted by atomic mass is 35.5. The molecule has 0 amide bonds. The van der Waals surface area contributed by atoms with Crippen molar-refractivity contribution in [3.63, 3.8) is 0 Å². The third-order valence-electron chi connectivity index (χ3n) is 2.15. The van der Waals surface area contributed by atoms with Crippen LogP contribution in [0.15, 0.2) is 37.4 Å². The predicted molar refractivity (Wildman–Crippen MR) is 64.7 cm³/mol. The standard InChI is InChI=1S/C13H15Cl/c1-4-5-6-11-7-8-12(14)9-13(11)10(2)3/h4,7-9H,1-2,5-6H2,3H3. The summed E-state index contributed by atoms with van der Waals surface area (Å²) in [6.45, 7) is 9.67. The second kappa shape index (κ2) is 5.02. The average Bonchev–Trinajstić information content (AvgIpc) is 2.15. The minimum Gasteiger partial charge on any atom is -0.103 e. The Morgan fingerprint density at radius 2 is 2.21 bits per heavy atom. The van der Waals surface area contributed by atoms with Gasteiger partial charge in [0.05, 0.1) is 0 Å². The Bertz CT molecular complexity index is 350. The van der Waals surface area contributed by atoms with Gasteiger partial charge in [-0.05, 0) is 43.0 Å². The van der Waals surface area contributed by atoms with Crippen molar-refractivity contribution in [2.45, 2.75) is 19.8 Å². The Kier molecular flexibility index (Phi) is 3.97. The van der Waals surface area contributed by atoms with Gasteiger partial charge in [0.25, 0.3) is 0 Å². The van der Waals surface area contributed by atoms with Crippen molar-refractivity contribution in [1.82, 2.24) is 0 Å². The Balaban J connectivity index is 3.01. The van der Waals surface area contributed by atoms with E-state index in [0.29, 0.717) is 0 Å². The SMILES string of the molecule is C=CCCc1ccc(Cl)cc1C(=C)C. The van der Waals surface area contributed by atoms with E-state index in [0.717, 1.165) is 23.4 Å². The first-order chi connectivity index (χ1) is 6.65. The number of rotatable bonds is 4. The highest BCUT2D eigenvalue weighted by molar-refractivity contribution is 6.30. The normalized spacial score (nSPS) is 9.86. The van der Waals surface area contributed by atoms with Gasteiger partial charge >= 0.3 is 0 Å². The van der Waals surface area contributed by atoms with Crippen molar-refractivity contribution in [3.8, 4) is 0 Å². The van der Waals surface area contributed by atoms with Crippen LogP contribution in [0.3, 0.4) is 0 Å². The fourth-order valence-corrected chi connectivity index (χ4v) is 1.59. The maximum absolute atomic E-state index is 5.93. The van der Waals surface area contributed by atoms with E-state index >= 15 is 0 Å². The molecular formula is C13H15Cl. The predicted octanol–water partition coefficient (Wildman–Crippen LogP) is 4.49. The summed E-state index contributed by atoms with van der Waals surface area (Å²) in [5.41, 5.74) is 3.52. The molecule has 0 saturated heterocycles. The Morgan fingerprint density at radius 3 is 2.79 bits per heavy atom. The van der Waals surface area contributed by atoms with E-state index in [4.69, 9.17) is 11.6 Å². The van der Waals surface area contributed by atoms with Gasteiger partial charge in [-0.25, -0.2) is 0 Å². The number of halogens is 1. The number of hydrogen-bond acceptors (Lipinski definition) is 0. The molecule has 0 atom stereocenters. The van der Waals surface area contributed by atoms with E-state index in [1.807, 2.05) is 25.1 Å². The van der Waals surface area contributed by atoms with Gasteiger partial charge in [0.15, 0.2) is 0 Å². The Morgan fingerprint density at radius 1 is 1.50 bits per heavy atom. The molecule has 0 aliphatic heterocycles. The molecule has 0 N–H and O–H groups in total. The lowest BCUT2D eigenvalue weighted by Gasteiger charge is -2.08. The third kappa shape index (κ3) is 2.74. The van der Waals surface area contributed by atoms with Crippen molar-refractivity contribution in [2.75, 3.05) is 0 Å². The molecule has 1 aromatic rings. The van der Waals surface area contributed by atoms with Crippen molar-refractivity contribution < 1.29 is 0 Å². The molecular weight excluding hydrogens is 192 g/mol. The fourth-order valence-electron chi connectivity index (χ4n) is 1.42. The largest absolute Gasteiger partial charge is 0.103 e. The van der Waals surface area contributed by atoms with E-state index in [-0.39, 0.29) is 0 Å². The summed E-state index contributed by atoms with van der Waals surface area (Å²) in [5.74, 6) is 0. The molecule has 0 bridgehead atoms. The zero-order chi connectivity index (χ0) is 10.6. The first-order valence-electron chi connectivity index (χ1n) is 4.70. The van der Waals surface area contributed by atoms with Crippen LogP contribution in [-0.2, 0) is 6.42 Å². The zero-order valence-electron chi connectivity index (χ0n) is 8.52. The zero-order valence-corrected chi connectivity index (χ0v) is 9.27. The first-order valence-corrected chi connectivity index (χ1v) is 5.08. The second-order valence-corrected chi connectivity index (χ2v) is 3.85. The van der Waals surface area contributed by atoms with E-state index < -0.39 is 0 Å². The van der Waals surface area contributed by atoms with Gasteiger partial charge in [-0.2, -0.15) is 0 Å². The smallest absolute Gasteiger partial charge is 0.0412 e. The van der Waals surface area contributed by atoms with Gasteiger partial charge in [-0.1, -0.05) is 35.9 Å². The molecule has 0 fully saturated rings. The van der Waals surface area contributed by atoms with Crippen molar-refractivity contribution in [2.24, 2.45) is 0 Å². The minimum absolute atomic E-state index is 0.769. The van der Waals surface area contributed by atoms with Gasteiger partial charge in [-0.15, -0.1) is 6.58 Å². The van der Waals surface area contributed by atoms with Gasteiger partial charge in [0.1, 0.15) is 0 Å². The second-order valence-electron chi connectivity index (χ2n) is 3.41. The molecule has 1 rings (SSSR count). The lowest BCUT2D eigenvalue weighted by atomic mass is 9.98. The first kappa shape index (κ1) is 11.1. The summed E-state index contributed by atoms with van der Waals surface area (Å²) in [6, 6.07) is 5.96. The van der Waals surface area contributed by atoms with Crippen LogP contribution in [0.5, 0.6) is 0 Å². The molecule has 1 aromatic carbocycles. The van der Waals surface area contributed by atoms with E-state index in [1.54, 1.807) is 0 Å². The van der Waals surface area contributed by atoms with E-state index in [1.165, 1.54) is 11.1 Å². The van der Waals surface area contributed by atoms with Gasteiger partial charge in [0, 0.05) is 5.02 Å². The molecule has 0 aliphatic carbocycles. The van der Waals surface area contributed by atoms with Crippen molar-refractivity contribution >= 4 is 17.2 Å². The van der Waals surface area contributed by atoms with Crippen LogP contribution < -0.4 is 0 Å². The lowest BCUT2D eigenvalue weighted by molar-refractivity contribution is 0.998. The monoisotopic (exact) mass is 206 g/mol. The van der Waals surface area contributed by atoms with Crippen molar-refractivity contribution in [3.05, 3.63) is 53.6 Å². The third-order valence-corrected chi connectivity index (χ3v) is 2.38. The fraction of sp³-hybridized carbons (Fsp3) is 0.231. The molecule has 0 heterocycles. The molecule has 0 aliphatic rings. The van der Waals surface area contributed by atoms with Crippen LogP contribution in [-0.4, -0.2) is 0 Å². The lowest BCUT2D eigenvalue weighted by Crippen LogP contribution is -1.91. The Labute approximate surface area is 90.9 Å². The molecule has 0 aromatic heterocycles. The van der Waals surface area contributed by atoms with Crippen LogP contribution in [0, 0.1) is 0 Å². The summed E-state index contributed by atoms with van der Waals surface area (Å²) in [7, 11) is 0. The maximum Gasteiger partial charge on any atom is 0.0412 e. The molecule has 74 valence electrons. The Hall–Kier alpha value is -1.01. The maximum atomic E-state index is 5.93. The summed E-state index contributed by atoms with van der Waals surface area (Å²) >= 11 is 5.93. The number of aryl methyl sites for hydroxylation is 1. The van der Waals surface area contributed by atoms with Crippen LogP contribution in [0.25, 0.3) is 5.57 Å². The van der Waals surface area contributed by atoms with Crippen LogP contribution in [0.1, 0.15) is 24.5 Å². The number of allylic oxidation sites excluding steroid dienone is 2. The molecule has 0 saturated carbocycles. The molecule has 0 nitrogen and oxygen atoms in total. The summed E-state index contributed by atoms with van der Waals surface area (Å²) < 4.78 is 0. The number of benzene rings is 1. The average molecular weight is 207 g/mol. The molecule has 1 heteroatoms. The molecule has 0 radical (unpaired) electrons. The highest BCUT2D eigenvalue weighted by Gasteiger charge is 2.03. The van der Waals surface area contributed by atoms with E-state index in [9.17, 15) is 0 Å². The summed E-state index contributed by atoms with van der Waals surface area (Å²) in [6.07, 6.45) is 3.92. The molecule has 14 heavy (non-hydrogen) atoms. The van der Waals surface area contributed by atoms with Crippen LogP contribution >= 0.6 is 11.6 Å². The van der Waals surface area contributed by atoms with Crippen LogP contribution in [0.4, 0.5) is 0 Å². The molecule has 0 unspecified atom stereocenters. The quantitative estimate of drug-likeness (QED) is 0.637. The minimum atomic E-state index is 0.769. The van der Waals surface area contributed by atoms with Crippen molar-refractivity contribution in [1.29, 1.82) is 0 Å². The molecule has 0 spiro atoms. The van der Waals surface area contributed by atoms with Gasteiger partial charge < -0.3 is 0 Å². The highest BCUT2D eigenvalue weighted by Crippen LogP contribution is 2.23. The summed E-state index contributed by atoms with van der Waals surface area (Å²) in [5, 5.41) is 0.769. The van der Waals surface area contributed by atoms with Gasteiger partial charge in [0.2, 0.25) is 0 Å². The topological polar surface area (TPSA) is 0 Å². The van der Waals surface area contributed by atoms with E-state index in [2.05, 4.69) is 19.2 Å². The number of hydrogen-bond donors (Lipinski definition) is 0. The van der Waals surface area contributed by atoms with Crippen LogP contribution in [0.2, 0.25) is 5.02 Å². The summed E-state index contributed by atoms with van der Waals surface area (Å²) in [4.78, 5) is 0. The van der Waals surface area contributed by atoms with Gasteiger partial charge in [-0.3, -0.25) is 0 Å².